The van der Waals surface area contributed by atoms with Crippen molar-refractivity contribution in [3.8, 4) is 11.5 Å². The Morgan fingerprint density at radius 3 is 2.03 bits per heavy atom. The number of carbonyl (C=O) groups is 3. The molecule has 0 saturated heterocycles. The number of esters is 2. The van der Waals surface area contributed by atoms with Gasteiger partial charge in [-0.05, 0) is 87.0 Å². The lowest BCUT2D eigenvalue weighted by atomic mass is 10.0. The van der Waals surface area contributed by atoms with Crippen LogP contribution in [0, 0.1) is 0 Å². The molecule has 35 heavy (non-hydrogen) atoms. The van der Waals surface area contributed by atoms with E-state index in [1.807, 2.05) is 0 Å². The highest BCUT2D eigenvalue weighted by molar-refractivity contribution is 5.97. The third-order valence-electron chi connectivity index (χ3n) is 4.85. The van der Waals surface area contributed by atoms with E-state index >= 15 is 0 Å². The maximum atomic E-state index is 12.8. The number of anilines is 1. The lowest BCUT2D eigenvalue weighted by Gasteiger charge is -2.25. The molecule has 0 aliphatic heterocycles. The van der Waals surface area contributed by atoms with Crippen LogP contribution in [0.1, 0.15) is 47.1 Å². The van der Waals surface area contributed by atoms with Crippen molar-refractivity contribution < 1.29 is 29.0 Å². The predicted octanol–water partition coefficient (Wildman–Crippen LogP) is 3.88. The molecule has 0 bridgehead atoms. The van der Waals surface area contributed by atoms with E-state index in [-0.39, 0.29) is 12.2 Å². The number of benzene rings is 3. The van der Waals surface area contributed by atoms with Crippen LogP contribution in [0.4, 0.5) is 5.69 Å². The fourth-order valence-electron chi connectivity index (χ4n) is 3.14. The number of phenols is 1. The Morgan fingerprint density at radius 1 is 0.886 bits per heavy atom. The lowest BCUT2D eigenvalue weighted by Crippen LogP contribution is -2.45. The molecule has 3 aromatic rings. The third-order valence-corrected chi connectivity index (χ3v) is 4.85. The zero-order chi connectivity index (χ0) is 25.6. The molecule has 0 spiro atoms. The van der Waals surface area contributed by atoms with E-state index in [2.05, 4.69) is 5.32 Å². The van der Waals surface area contributed by atoms with E-state index in [0.717, 1.165) is 5.56 Å². The quantitative estimate of drug-likeness (QED) is 0.268. The number of nitrogens with two attached hydrogens (primary N) is 1. The SMILES string of the molecule is CC(C)(C)OC(=O)[C@H](Cc1ccc(OC(=O)c2ccc(O)cc2)cc1)NC(=O)c1ccc(N)cc1. The van der Waals surface area contributed by atoms with Gasteiger partial charge in [-0.15, -0.1) is 0 Å². The van der Waals surface area contributed by atoms with Crippen LogP contribution in [-0.4, -0.2) is 34.6 Å². The van der Waals surface area contributed by atoms with Crippen molar-refractivity contribution in [2.24, 2.45) is 0 Å². The standard InChI is InChI=1S/C27H28N2O6/c1-27(2,3)35-26(33)23(29-24(31)18-6-10-20(28)11-7-18)16-17-4-14-22(15-5-17)34-25(32)19-8-12-21(30)13-9-19/h4-15,23,30H,16,28H2,1-3H3,(H,29,31)/t23-/m0/s1. The number of amides is 1. The molecule has 4 N–H and O–H groups in total. The lowest BCUT2D eigenvalue weighted by molar-refractivity contribution is -0.157. The fraction of sp³-hybridized carbons (Fsp3) is 0.222. The number of rotatable bonds is 7. The Kier molecular flexibility index (Phi) is 7.76. The highest BCUT2D eigenvalue weighted by Crippen LogP contribution is 2.18. The molecule has 0 aliphatic carbocycles. The van der Waals surface area contributed by atoms with E-state index in [1.165, 1.54) is 24.3 Å². The Morgan fingerprint density at radius 2 is 1.46 bits per heavy atom. The van der Waals surface area contributed by atoms with Gasteiger partial charge in [0.15, 0.2) is 0 Å². The van der Waals surface area contributed by atoms with E-state index < -0.39 is 29.5 Å². The molecule has 0 heterocycles. The first kappa shape index (κ1) is 25.3. The van der Waals surface area contributed by atoms with Crippen LogP contribution in [0.15, 0.2) is 72.8 Å². The summed E-state index contributed by atoms with van der Waals surface area (Å²) >= 11 is 0. The highest BCUT2D eigenvalue weighted by Gasteiger charge is 2.27. The van der Waals surface area contributed by atoms with Gasteiger partial charge in [-0.2, -0.15) is 0 Å². The molecule has 3 aromatic carbocycles. The van der Waals surface area contributed by atoms with E-state index in [1.54, 1.807) is 69.3 Å². The highest BCUT2D eigenvalue weighted by atomic mass is 16.6. The summed E-state index contributed by atoms with van der Waals surface area (Å²) in [5, 5.41) is 12.1. The monoisotopic (exact) mass is 476 g/mol. The van der Waals surface area contributed by atoms with Gasteiger partial charge in [0.1, 0.15) is 23.1 Å². The summed E-state index contributed by atoms with van der Waals surface area (Å²) in [5.74, 6) is -1.20. The van der Waals surface area contributed by atoms with Crippen molar-refractivity contribution in [3.63, 3.8) is 0 Å². The minimum Gasteiger partial charge on any atom is -0.508 e. The number of aromatic hydroxyl groups is 1. The summed E-state index contributed by atoms with van der Waals surface area (Å²) in [6.45, 7) is 5.25. The molecule has 0 radical (unpaired) electrons. The van der Waals surface area contributed by atoms with Crippen LogP contribution in [-0.2, 0) is 16.0 Å². The van der Waals surface area contributed by atoms with Crippen LogP contribution >= 0.6 is 0 Å². The van der Waals surface area contributed by atoms with Crippen LogP contribution in [0.25, 0.3) is 0 Å². The molecule has 1 atom stereocenters. The molecule has 3 rings (SSSR count). The number of carbonyl (C=O) groups excluding carboxylic acids is 3. The minimum atomic E-state index is -0.940. The molecule has 8 nitrogen and oxygen atoms in total. The van der Waals surface area contributed by atoms with Gasteiger partial charge in [-0.25, -0.2) is 9.59 Å². The maximum absolute atomic E-state index is 12.8. The average molecular weight is 477 g/mol. The topological polar surface area (TPSA) is 128 Å². The second kappa shape index (κ2) is 10.7. The van der Waals surface area contributed by atoms with Gasteiger partial charge in [-0.3, -0.25) is 4.79 Å². The summed E-state index contributed by atoms with van der Waals surface area (Å²) in [6, 6.07) is 17.7. The Labute approximate surface area is 203 Å². The van der Waals surface area contributed by atoms with Crippen LogP contribution in [0.3, 0.4) is 0 Å². The average Bonchev–Trinajstić information content (AvgIpc) is 2.79. The Bertz CT molecular complexity index is 1180. The number of nitrogens with one attached hydrogen (secondary N) is 1. The zero-order valence-electron chi connectivity index (χ0n) is 19.8. The van der Waals surface area contributed by atoms with Crippen molar-refractivity contribution in [3.05, 3.63) is 89.5 Å². The van der Waals surface area contributed by atoms with Crippen molar-refractivity contribution in [1.29, 1.82) is 0 Å². The predicted molar refractivity (Wildman–Crippen MR) is 131 cm³/mol. The van der Waals surface area contributed by atoms with Crippen molar-refractivity contribution in [2.75, 3.05) is 5.73 Å². The first-order valence-electron chi connectivity index (χ1n) is 11.0. The normalized spacial score (nSPS) is 11.9. The Balaban J connectivity index is 1.71. The number of hydrogen-bond acceptors (Lipinski definition) is 7. The molecule has 182 valence electrons. The summed E-state index contributed by atoms with van der Waals surface area (Å²) in [5.41, 5.74) is 6.86. The second-order valence-corrected chi connectivity index (χ2v) is 8.97. The number of ether oxygens (including phenoxy) is 2. The van der Waals surface area contributed by atoms with Crippen molar-refractivity contribution in [1.82, 2.24) is 5.32 Å². The molecule has 0 aromatic heterocycles. The summed E-state index contributed by atoms with van der Waals surface area (Å²) in [7, 11) is 0. The molecule has 0 fully saturated rings. The van der Waals surface area contributed by atoms with Gasteiger partial charge in [0.25, 0.3) is 5.91 Å². The van der Waals surface area contributed by atoms with E-state index in [9.17, 15) is 19.5 Å². The summed E-state index contributed by atoms with van der Waals surface area (Å²) < 4.78 is 10.9. The van der Waals surface area contributed by atoms with Gasteiger partial charge in [0.05, 0.1) is 5.56 Å². The molecular formula is C27H28N2O6. The van der Waals surface area contributed by atoms with Gasteiger partial charge >= 0.3 is 11.9 Å². The molecule has 0 saturated carbocycles. The minimum absolute atomic E-state index is 0.0499. The number of phenolic OH excluding ortho intramolecular Hbond substituents is 1. The third kappa shape index (κ3) is 7.60. The fourth-order valence-corrected chi connectivity index (χ4v) is 3.14. The smallest absolute Gasteiger partial charge is 0.343 e. The molecule has 1 amide bonds. The Hall–Kier alpha value is -4.33. The second-order valence-electron chi connectivity index (χ2n) is 8.97. The molecule has 0 unspecified atom stereocenters. The molecule has 0 aliphatic rings. The number of nitrogen functional groups attached to an aromatic ring is 1. The van der Waals surface area contributed by atoms with E-state index in [0.29, 0.717) is 22.6 Å². The maximum Gasteiger partial charge on any atom is 0.343 e. The summed E-state index contributed by atoms with van der Waals surface area (Å²) in [4.78, 5) is 37.8. The van der Waals surface area contributed by atoms with Crippen molar-refractivity contribution in [2.45, 2.75) is 38.8 Å². The van der Waals surface area contributed by atoms with Gasteiger partial charge in [-0.1, -0.05) is 12.1 Å². The molecular weight excluding hydrogens is 448 g/mol. The first-order valence-corrected chi connectivity index (χ1v) is 11.0. The van der Waals surface area contributed by atoms with E-state index in [4.69, 9.17) is 15.2 Å². The van der Waals surface area contributed by atoms with Gasteiger partial charge in [0, 0.05) is 17.7 Å². The zero-order valence-corrected chi connectivity index (χ0v) is 19.8. The van der Waals surface area contributed by atoms with Crippen LogP contribution in [0.2, 0.25) is 0 Å². The first-order chi connectivity index (χ1) is 16.5. The van der Waals surface area contributed by atoms with Crippen molar-refractivity contribution >= 4 is 23.5 Å². The number of hydrogen-bond donors (Lipinski definition) is 3. The summed E-state index contributed by atoms with van der Waals surface area (Å²) in [6.07, 6.45) is 0.168. The largest absolute Gasteiger partial charge is 0.508 e. The van der Waals surface area contributed by atoms with Crippen LogP contribution < -0.4 is 15.8 Å². The van der Waals surface area contributed by atoms with Gasteiger partial charge < -0.3 is 25.6 Å². The molecule has 8 heteroatoms. The van der Waals surface area contributed by atoms with Gasteiger partial charge in [0.2, 0.25) is 0 Å². The van der Waals surface area contributed by atoms with Crippen LogP contribution in [0.5, 0.6) is 11.5 Å².